The van der Waals surface area contributed by atoms with Crippen LogP contribution in [-0.2, 0) is 12.8 Å². The summed E-state index contributed by atoms with van der Waals surface area (Å²) >= 11 is 1.55. The first-order valence-corrected chi connectivity index (χ1v) is 8.90. The number of aryl methyl sites for hydroxylation is 2. The molecular formula is C18H20N2O3S. The summed E-state index contributed by atoms with van der Waals surface area (Å²) in [6.45, 7) is 2.31. The number of benzene rings is 1. The number of hydrogen-bond donors (Lipinski definition) is 2. The maximum Gasteiger partial charge on any atom is 0.281 e. The molecule has 6 heteroatoms. The summed E-state index contributed by atoms with van der Waals surface area (Å²) in [4.78, 5) is 14.2. The van der Waals surface area contributed by atoms with Crippen LogP contribution in [0.4, 0.5) is 0 Å². The Kier molecular flexibility index (Phi) is 5.15. The molecule has 1 aliphatic rings. The summed E-state index contributed by atoms with van der Waals surface area (Å²) in [5.41, 5.74) is 4.31. The number of hydrogen-bond acceptors (Lipinski definition) is 5. The molecule has 1 heterocycles. The number of amides is 1. The lowest BCUT2D eigenvalue weighted by molar-refractivity contribution is 0.0959. The van der Waals surface area contributed by atoms with E-state index < -0.39 is 0 Å². The fourth-order valence-electron chi connectivity index (χ4n) is 2.73. The first-order chi connectivity index (χ1) is 11.7. The number of para-hydroxylation sites is 1. The molecule has 2 aromatic rings. The van der Waals surface area contributed by atoms with Crippen molar-refractivity contribution in [2.75, 3.05) is 6.61 Å². The van der Waals surface area contributed by atoms with Gasteiger partial charge in [-0.1, -0.05) is 6.07 Å². The van der Waals surface area contributed by atoms with Crippen LogP contribution >= 0.6 is 11.3 Å². The average molecular weight is 344 g/mol. The van der Waals surface area contributed by atoms with Crippen molar-refractivity contribution in [3.8, 4) is 11.5 Å². The van der Waals surface area contributed by atoms with Crippen molar-refractivity contribution in [3.63, 3.8) is 0 Å². The summed E-state index contributed by atoms with van der Waals surface area (Å²) in [5.74, 6) is 0.203. The number of phenolic OH excluding ortho intramolecular Hbond substituents is 1. The minimum atomic E-state index is -0.217. The van der Waals surface area contributed by atoms with Gasteiger partial charge in [0.05, 0.1) is 17.7 Å². The summed E-state index contributed by atoms with van der Waals surface area (Å²) < 4.78 is 5.32. The Balaban J connectivity index is 1.67. The Bertz CT molecular complexity index is 744. The van der Waals surface area contributed by atoms with Crippen LogP contribution in [0.5, 0.6) is 11.5 Å². The van der Waals surface area contributed by atoms with Gasteiger partial charge in [0.2, 0.25) is 0 Å². The van der Waals surface area contributed by atoms with Crippen LogP contribution in [-0.4, -0.2) is 23.8 Å². The molecule has 1 aliphatic carbocycles. The molecule has 0 radical (unpaired) electrons. The molecule has 0 aliphatic heterocycles. The number of aromatic hydroxyl groups is 1. The SMILES string of the molecule is CCOc1cccc(/C=N/NC(=O)c2cc3c(s2)CCCC3)c1O. The monoisotopic (exact) mass is 344 g/mol. The largest absolute Gasteiger partial charge is 0.504 e. The molecule has 0 unspecified atom stereocenters. The van der Waals surface area contributed by atoms with Gasteiger partial charge in [0.1, 0.15) is 0 Å². The third-order valence-corrected chi connectivity index (χ3v) is 5.16. The van der Waals surface area contributed by atoms with Crippen molar-refractivity contribution < 1.29 is 14.6 Å². The highest BCUT2D eigenvalue weighted by molar-refractivity contribution is 7.14. The first kappa shape index (κ1) is 16.5. The predicted octanol–water partition coefficient (Wildman–Crippen LogP) is 3.50. The average Bonchev–Trinajstić information content (AvgIpc) is 3.02. The maximum atomic E-state index is 12.2. The second-order valence-electron chi connectivity index (χ2n) is 5.59. The molecule has 1 aromatic heterocycles. The first-order valence-electron chi connectivity index (χ1n) is 8.08. The number of hydrazone groups is 1. The number of ether oxygens (including phenoxy) is 1. The summed E-state index contributed by atoms with van der Waals surface area (Å²) in [6, 6.07) is 7.13. The zero-order chi connectivity index (χ0) is 16.9. The van der Waals surface area contributed by atoms with E-state index in [0.29, 0.717) is 22.8 Å². The van der Waals surface area contributed by atoms with E-state index in [9.17, 15) is 9.90 Å². The number of nitrogens with zero attached hydrogens (tertiary/aromatic N) is 1. The molecule has 0 fully saturated rings. The summed E-state index contributed by atoms with van der Waals surface area (Å²) in [7, 11) is 0. The molecule has 24 heavy (non-hydrogen) atoms. The summed E-state index contributed by atoms with van der Waals surface area (Å²) in [5, 5.41) is 14.0. The van der Waals surface area contributed by atoms with Gasteiger partial charge >= 0.3 is 0 Å². The van der Waals surface area contributed by atoms with Gasteiger partial charge < -0.3 is 9.84 Å². The van der Waals surface area contributed by atoms with Crippen LogP contribution in [0.3, 0.4) is 0 Å². The van der Waals surface area contributed by atoms with Crippen molar-refractivity contribution in [2.45, 2.75) is 32.6 Å². The van der Waals surface area contributed by atoms with Crippen LogP contribution in [0.2, 0.25) is 0 Å². The van der Waals surface area contributed by atoms with Gasteiger partial charge in [-0.25, -0.2) is 5.43 Å². The number of phenols is 1. The van der Waals surface area contributed by atoms with Crippen molar-refractivity contribution >= 4 is 23.5 Å². The number of thiophene rings is 1. The van der Waals surface area contributed by atoms with Gasteiger partial charge in [-0.2, -0.15) is 5.10 Å². The third kappa shape index (κ3) is 3.59. The molecule has 0 bridgehead atoms. The molecule has 0 spiro atoms. The zero-order valence-electron chi connectivity index (χ0n) is 13.5. The van der Waals surface area contributed by atoms with E-state index in [2.05, 4.69) is 10.5 Å². The topological polar surface area (TPSA) is 70.9 Å². The van der Waals surface area contributed by atoms with E-state index in [1.807, 2.05) is 13.0 Å². The number of rotatable bonds is 5. The minimum absolute atomic E-state index is 0.0175. The lowest BCUT2D eigenvalue weighted by Gasteiger charge is -2.08. The van der Waals surface area contributed by atoms with Crippen LogP contribution in [0.1, 0.15) is 45.4 Å². The van der Waals surface area contributed by atoms with E-state index >= 15 is 0 Å². The highest BCUT2D eigenvalue weighted by atomic mass is 32.1. The van der Waals surface area contributed by atoms with Gasteiger partial charge in [-0.3, -0.25) is 4.79 Å². The minimum Gasteiger partial charge on any atom is -0.504 e. The molecule has 1 amide bonds. The third-order valence-electron chi connectivity index (χ3n) is 3.92. The number of carbonyl (C=O) groups is 1. The van der Waals surface area contributed by atoms with Gasteiger partial charge in [0, 0.05) is 10.4 Å². The van der Waals surface area contributed by atoms with E-state index in [1.165, 1.54) is 29.5 Å². The number of nitrogens with one attached hydrogen (secondary N) is 1. The van der Waals surface area contributed by atoms with Crippen LogP contribution in [0.15, 0.2) is 29.4 Å². The van der Waals surface area contributed by atoms with Gasteiger partial charge in [0.15, 0.2) is 11.5 Å². The van der Waals surface area contributed by atoms with E-state index in [0.717, 1.165) is 12.8 Å². The standard InChI is InChI=1S/C18H20N2O3S/c1-2-23-14-8-5-7-13(17(14)21)11-19-20-18(22)16-10-12-6-3-4-9-15(12)24-16/h5,7-8,10-11,21H,2-4,6,9H2,1H3,(H,20,22)/b19-11+. The van der Waals surface area contributed by atoms with Gasteiger partial charge in [-0.15, -0.1) is 11.3 Å². The predicted molar refractivity (Wildman–Crippen MR) is 95.3 cm³/mol. The highest BCUT2D eigenvalue weighted by Gasteiger charge is 2.16. The lowest BCUT2D eigenvalue weighted by Crippen LogP contribution is -2.16. The number of fused-ring (bicyclic) bond motifs is 1. The highest BCUT2D eigenvalue weighted by Crippen LogP contribution is 2.30. The van der Waals surface area contributed by atoms with Crippen molar-refractivity contribution in [3.05, 3.63) is 45.1 Å². The van der Waals surface area contributed by atoms with Gasteiger partial charge in [-0.05, 0) is 56.4 Å². The molecule has 1 aromatic carbocycles. The molecular weight excluding hydrogens is 324 g/mol. The van der Waals surface area contributed by atoms with Crippen molar-refractivity contribution in [1.29, 1.82) is 0 Å². The molecule has 5 nitrogen and oxygen atoms in total. The Labute approximate surface area is 145 Å². The smallest absolute Gasteiger partial charge is 0.281 e. The van der Waals surface area contributed by atoms with Crippen LogP contribution in [0.25, 0.3) is 0 Å². The molecule has 0 saturated heterocycles. The van der Waals surface area contributed by atoms with E-state index in [4.69, 9.17) is 4.74 Å². The fourth-order valence-corrected chi connectivity index (χ4v) is 3.88. The van der Waals surface area contributed by atoms with Crippen LogP contribution in [0, 0.1) is 0 Å². The molecule has 0 saturated carbocycles. The number of carbonyl (C=O) groups excluding carboxylic acids is 1. The Morgan fingerprint density at radius 1 is 1.42 bits per heavy atom. The molecule has 0 atom stereocenters. The molecule has 2 N–H and O–H groups in total. The molecule has 3 rings (SSSR count). The van der Waals surface area contributed by atoms with Crippen molar-refractivity contribution in [2.24, 2.45) is 5.10 Å². The second-order valence-corrected chi connectivity index (χ2v) is 6.73. The lowest BCUT2D eigenvalue weighted by atomic mass is 9.99. The second kappa shape index (κ2) is 7.49. The Hall–Kier alpha value is -2.34. The van der Waals surface area contributed by atoms with E-state index in [1.54, 1.807) is 29.5 Å². The Morgan fingerprint density at radius 3 is 3.04 bits per heavy atom. The van der Waals surface area contributed by atoms with Gasteiger partial charge in [0.25, 0.3) is 5.91 Å². The van der Waals surface area contributed by atoms with E-state index in [-0.39, 0.29) is 11.7 Å². The Morgan fingerprint density at radius 2 is 2.25 bits per heavy atom. The zero-order valence-corrected chi connectivity index (χ0v) is 14.4. The quantitative estimate of drug-likeness (QED) is 0.644. The summed E-state index contributed by atoms with van der Waals surface area (Å²) in [6.07, 6.45) is 5.93. The fraction of sp³-hybridized carbons (Fsp3) is 0.333. The maximum absolute atomic E-state index is 12.2. The van der Waals surface area contributed by atoms with Crippen LogP contribution < -0.4 is 10.2 Å². The van der Waals surface area contributed by atoms with Crippen molar-refractivity contribution in [1.82, 2.24) is 5.43 Å². The molecule has 126 valence electrons. The normalized spacial score (nSPS) is 13.7.